The van der Waals surface area contributed by atoms with Crippen LogP contribution in [-0.4, -0.2) is 35.3 Å². The number of carbonyl (C=O) groups excluding carboxylic acids is 1. The van der Waals surface area contributed by atoms with Gasteiger partial charge in [0.15, 0.2) is 0 Å². The van der Waals surface area contributed by atoms with Crippen LogP contribution in [0.2, 0.25) is 0 Å². The van der Waals surface area contributed by atoms with Gasteiger partial charge in [-0.25, -0.2) is 0 Å². The Bertz CT molecular complexity index is 1160. The number of carbonyl (C=O) groups is 1. The monoisotopic (exact) mass is 407 g/mol. The van der Waals surface area contributed by atoms with E-state index >= 15 is 0 Å². The lowest BCUT2D eigenvalue weighted by molar-refractivity contribution is 0.0947. The summed E-state index contributed by atoms with van der Waals surface area (Å²) in [5.74, 6) is 0.280. The fourth-order valence-corrected chi connectivity index (χ4v) is 3.91. The third-order valence-electron chi connectivity index (χ3n) is 5.49. The van der Waals surface area contributed by atoms with Gasteiger partial charge in [-0.2, -0.15) is 0 Å². The number of methoxy groups -OCH3 is 1. The van der Waals surface area contributed by atoms with Crippen molar-refractivity contribution in [1.82, 2.24) is 9.55 Å². The van der Waals surface area contributed by atoms with Crippen LogP contribution < -0.4 is 15.6 Å². The van der Waals surface area contributed by atoms with E-state index in [1.54, 1.807) is 24.8 Å². The van der Waals surface area contributed by atoms with Crippen LogP contribution in [0.5, 0.6) is 5.75 Å². The molecule has 7 heteroatoms. The van der Waals surface area contributed by atoms with Gasteiger partial charge in [0, 0.05) is 23.8 Å². The Balaban J connectivity index is 1.62. The van der Waals surface area contributed by atoms with E-state index in [0.717, 1.165) is 36.0 Å². The summed E-state index contributed by atoms with van der Waals surface area (Å²) in [5, 5.41) is 3.69. The zero-order chi connectivity index (χ0) is 21.3. The van der Waals surface area contributed by atoms with E-state index in [9.17, 15) is 9.59 Å². The van der Waals surface area contributed by atoms with E-state index in [-0.39, 0.29) is 17.2 Å². The van der Waals surface area contributed by atoms with Gasteiger partial charge in [0.2, 0.25) is 0 Å². The maximum atomic E-state index is 13.1. The largest absolute Gasteiger partial charge is 0.497 e. The Hall–Kier alpha value is -3.19. The Labute approximate surface area is 174 Å². The summed E-state index contributed by atoms with van der Waals surface area (Å²) in [7, 11) is 1.60. The molecule has 1 saturated heterocycles. The van der Waals surface area contributed by atoms with Crippen LogP contribution in [0.4, 0.5) is 5.69 Å². The highest BCUT2D eigenvalue weighted by Gasteiger charge is 2.22. The number of rotatable bonds is 5. The SMILES string of the molecule is COc1ccc2cc(NC(=O)c3c(C)cc(C)n(CC4CCCO4)c3=O)cnc2c1. The first kappa shape index (κ1) is 20.1. The van der Waals surface area contributed by atoms with E-state index in [1.165, 1.54) is 0 Å². The smallest absolute Gasteiger partial charge is 0.263 e. The number of nitrogens with zero attached hydrogens (tertiary/aromatic N) is 2. The molecule has 1 atom stereocenters. The summed E-state index contributed by atoms with van der Waals surface area (Å²) in [6, 6.07) is 9.24. The van der Waals surface area contributed by atoms with Gasteiger partial charge in [-0.1, -0.05) is 0 Å². The van der Waals surface area contributed by atoms with E-state index in [0.29, 0.717) is 23.5 Å². The molecule has 156 valence electrons. The van der Waals surface area contributed by atoms with Crippen molar-refractivity contribution < 1.29 is 14.3 Å². The molecule has 7 nitrogen and oxygen atoms in total. The van der Waals surface area contributed by atoms with E-state index in [1.807, 2.05) is 37.3 Å². The van der Waals surface area contributed by atoms with Crippen LogP contribution in [-0.2, 0) is 11.3 Å². The van der Waals surface area contributed by atoms with E-state index in [2.05, 4.69) is 10.3 Å². The Morgan fingerprint density at radius 2 is 2.13 bits per heavy atom. The molecule has 0 aliphatic carbocycles. The van der Waals surface area contributed by atoms with Gasteiger partial charge >= 0.3 is 0 Å². The minimum atomic E-state index is -0.437. The number of hydrogen-bond acceptors (Lipinski definition) is 5. The summed E-state index contributed by atoms with van der Waals surface area (Å²) in [6.07, 6.45) is 3.52. The molecule has 1 N–H and O–H groups in total. The highest BCUT2D eigenvalue weighted by Crippen LogP contribution is 2.22. The fourth-order valence-electron chi connectivity index (χ4n) is 3.91. The average Bonchev–Trinajstić information content (AvgIpc) is 3.24. The minimum absolute atomic E-state index is 0.0155. The second kappa shape index (κ2) is 8.28. The van der Waals surface area contributed by atoms with Crippen LogP contribution >= 0.6 is 0 Å². The van der Waals surface area contributed by atoms with Crippen molar-refractivity contribution in [3.8, 4) is 5.75 Å². The number of amides is 1. The molecule has 1 unspecified atom stereocenters. The Kier molecular flexibility index (Phi) is 5.55. The predicted octanol–water partition coefficient (Wildman–Crippen LogP) is 3.45. The lowest BCUT2D eigenvalue weighted by Gasteiger charge is -2.17. The van der Waals surface area contributed by atoms with Crippen LogP contribution in [0.1, 0.15) is 34.5 Å². The van der Waals surface area contributed by atoms with E-state index in [4.69, 9.17) is 9.47 Å². The number of hydrogen-bond donors (Lipinski definition) is 1. The van der Waals surface area contributed by atoms with Crippen molar-refractivity contribution in [2.45, 2.75) is 39.3 Å². The summed E-state index contributed by atoms with van der Waals surface area (Å²) in [6.45, 7) is 4.85. The van der Waals surface area contributed by atoms with Crippen LogP contribution in [0.3, 0.4) is 0 Å². The van der Waals surface area contributed by atoms with Crippen molar-refractivity contribution >= 4 is 22.5 Å². The van der Waals surface area contributed by atoms with Crippen molar-refractivity contribution in [2.24, 2.45) is 0 Å². The second-order valence-corrected chi connectivity index (χ2v) is 7.63. The number of aromatic nitrogens is 2. The molecule has 30 heavy (non-hydrogen) atoms. The van der Waals surface area contributed by atoms with Crippen molar-refractivity contribution in [2.75, 3.05) is 19.0 Å². The predicted molar refractivity (Wildman–Crippen MR) is 115 cm³/mol. The van der Waals surface area contributed by atoms with Crippen LogP contribution in [0.25, 0.3) is 10.9 Å². The van der Waals surface area contributed by atoms with Crippen molar-refractivity contribution in [3.63, 3.8) is 0 Å². The summed E-state index contributed by atoms with van der Waals surface area (Å²) < 4.78 is 12.5. The quantitative estimate of drug-likeness (QED) is 0.700. The average molecular weight is 407 g/mol. The molecule has 1 fully saturated rings. The number of benzene rings is 1. The molecular formula is C23H25N3O4. The first-order valence-corrected chi connectivity index (χ1v) is 10.0. The Morgan fingerprint density at radius 1 is 1.30 bits per heavy atom. The molecule has 0 radical (unpaired) electrons. The summed E-state index contributed by atoms with van der Waals surface area (Å²) in [4.78, 5) is 30.5. The van der Waals surface area contributed by atoms with Gasteiger partial charge in [-0.3, -0.25) is 14.6 Å². The number of fused-ring (bicyclic) bond motifs is 1. The standard InChI is InChI=1S/C23H25N3O4/c1-14-9-15(2)26(13-19-5-4-8-30-19)23(28)21(14)22(27)25-17-10-16-6-7-18(29-3)11-20(16)24-12-17/h6-7,9-12,19H,4-5,8,13H2,1-3H3,(H,25,27). The third-order valence-corrected chi connectivity index (χ3v) is 5.49. The van der Waals surface area contributed by atoms with Gasteiger partial charge in [0.1, 0.15) is 11.3 Å². The lowest BCUT2D eigenvalue weighted by atomic mass is 10.1. The molecule has 1 aliphatic heterocycles. The van der Waals surface area contributed by atoms with Gasteiger partial charge in [0.05, 0.1) is 37.2 Å². The molecule has 1 aliphatic rings. The van der Waals surface area contributed by atoms with Gasteiger partial charge in [-0.05, 0) is 56.5 Å². The molecule has 1 aromatic carbocycles. The maximum absolute atomic E-state index is 13.1. The molecule has 0 bridgehead atoms. The highest BCUT2D eigenvalue weighted by atomic mass is 16.5. The molecule has 1 amide bonds. The topological polar surface area (TPSA) is 82.5 Å². The first-order chi connectivity index (χ1) is 14.5. The zero-order valence-corrected chi connectivity index (χ0v) is 17.4. The number of aryl methyl sites for hydroxylation is 2. The van der Waals surface area contributed by atoms with E-state index < -0.39 is 5.91 Å². The summed E-state index contributed by atoms with van der Waals surface area (Å²) >= 11 is 0. The van der Waals surface area contributed by atoms with Crippen molar-refractivity contribution in [1.29, 1.82) is 0 Å². The normalized spacial score (nSPS) is 16.0. The molecule has 4 rings (SSSR count). The molecule has 0 saturated carbocycles. The van der Waals surface area contributed by atoms with Gasteiger partial charge in [-0.15, -0.1) is 0 Å². The number of anilines is 1. The third kappa shape index (κ3) is 3.93. The molecule has 0 spiro atoms. The summed E-state index contributed by atoms with van der Waals surface area (Å²) in [5.41, 5.74) is 2.62. The molecule has 3 heterocycles. The highest BCUT2D eigenvalue weighted by molar-refractivity contribution is 6.05. The van der Waals surface area contributed by atoms with Gasteiger partial charge in [0.25, 0.3) is 11.5 Å². The van der Waals surface area contributed by atoms with Gasteiger partial charge < -0.3 is 19.4 Å². The van der Waals surface area contributed by atoms with Crippen molar-refractivity contribution in [3.05, 3.63) is 63.7 Å². The molecule has 3 aromatic rings. The second-order valence-electron chi connectivity index (χ2n) is 7.63. The Morgan fingerprint density at radius 3 is 2.87 bits per heavy atom. The van der Waals surface area contributed by atoms with Crippen LogP contribution in [0, 0.1) is 13.8 Å². The first-order valence-electron chi connectivity index (χ1n) is 10.0. The molecule has 2 aromatic heterocycles. The minimum Gasteiger partial charge on any atom is -0.497 e. The number of pyridine rings is 2. The van der Waals surface area contributed by atoms with Crippen LogP contribution in [0.15, 0.2) is 41.3 Å². The maximum Gasteiger partial charge on any atom is 0.263 e. The molecular weight excluding hydrogens is 382 g/mol. The lowest BCUT2D eigenvalue weighted by Crippen LogP contribution is -2.34. The zero-order valence-electron chi connectivity index (χ0n) is 17.4. The number of nitrogens with one attached hydrogen (secondary N) is 1. The fraction of sp³-hybridized carbons (Fsp3) is 0.348. The number of ether oxygens (including phenoxy) is 2.